The van der Waals surface area contributed by atoms with Gasteiger partial charge in [-0.1, -0.05) is 35.9 Å². The predicted molar refractivity (Wildman–Crippen MR) is 139 cm³/mol. The number of amides is 1. The van der Waals surface area contributed by atoms with Gasteiger partial charge in [-0.15, -0.1) is 0 Å². The molecule has 0 aliphatic heterocycles. The van der Waals surface area contributed by atoms with E-state index in [1.165, 1.54) is 24.4 Å². The molecule has 0 aliphatic rings. The molecule has 2 aromatic carbocycles. The normalized spacial score (nSPS) is 11.7. The van der Waals surface area contributed by atoms with Gasteiger partial charge in [-0.05, 0) is 42.0 Å². The predicted octanol–water partition coefficient (Wildman–Crippen LogP) is 4.85. The highest BCUT2D eigenvalue weighted by atomic mass is 35.5. The van der Waals surface area contributed by atoms with Gasteiger partial charge in [0.1, 0.15) is 35.2 Å². The summed E-state index contributed by atoms with van der Waals surface area (Å²) in [7, 11) is -4.82. The maximum absolute atomic E-state index is 12.8. The molecule has 4 aromatic rings. The van der Waals surface area contributed by atoms with Crippen LogP contribution in [-0.2, 0) is 16.6 Å². The lowest BCUT2D eigenvalue weighted by molar-refractivity contribution is -0.106. The Morgan fingerprint density at radius 3 is 2.49 bits per heavy atom. The molecule has 4 rings (SSSR count). The number of aromatic nitrogens is 3. The fourth-order valence-corrected chi connectivity index (χ4v) is 4.61. The van der Waals surface area contributed by atoms with E-state index in [1.54, 1.807) is 42.5 Å². The minimum atomic E-state index is -4.96. The van der Waals surface area contributed by atoms with Crippen LogP contribution >= 0.6 is 11.6 Å². The zero-order valence-corrected chi connectivity index (χ0v) is 21.4. The summed E-state index contributed by atoms with van der Waals surface area (Å²) < 4.78 is 70.4. The number of nitrogens with two attached hydrogens (primary N) is 1. The smallest absolute Gasteiger partial charge is 0.404 e. The molecule has 0 bridgehead atoms. The molecule has 0 saturated carbocycles. The molecule has 15 heteroatoms. The molecule has 0 spiro atoms. The molecule has 204 valence electrons. The minimum Gasteiger partial charge on any atom is -0.487 e. The van der Waals surface area contributed by atoms with Crippen molar-refractivity contribution in [1.82, 2.24) is 15.2 Å². The lowest BCUT2D eigenvalue weighted by Gasteiger charge is -2.16. The molecule has 0 fully saturated rings. The number of nitrogens with zero attached hydrogens (tertiary/aromatic N) is 2. The molecule has 2 aromatic heterocycles. The van der Waals surface area contributed by atoms with E-state index in [1.807, 2.05) is 4.72 Å². The van der Waals surface area contributed by atoms with Crippen molar-refractivity contribution in [3.05, 3.63) is 83.0 Å². The molecule has 0 radical (unpaired) electrons. The number of hydrogen-bond donors (Lipinski definition) is 4. The average molecular weight is 581 g/mol. The zero-order chi connectivity index (χ0) is 28.2. The first-order valence-corrected chi connectivity index (χ1v) is 13.1. The molecule has 0 saturated heterocycles. The lowest BCUT2D eigenvalue weighted by atomic mass is 10.1. The monoisotopic (exact) mass is 580 g/mol. The van der Waals surface area contributed by atoms with E-state index in [4.69, 9.17) is 22.1 Å². The first-order chi connectivity index (χ1) is 18.4. The van der Waals surface area contributed by atoms with Crippen LogP contribution in [0.2, 0.25) is 5.02 Å². The van der Waals surface area contributed by atoms with E-state index in [-0.39, 0.29) is 40.7 Å². The maximum atomic E-state index is 12.8. The van der Waals surface area contributed by atoms with Crippen LogP contribution in [0, 0.1) is 0 Å². The number of hydrogen-bond acceptors (Lipinski definition) is 7. The Morgan fingerprint density at radius 1 is 1.10 bits per heavy atom. The van der Waals surface area contributed by atoms with Crippen molar-refractivity contribution in [2.75, 3.05) is 15.8 Å². The van der Waals surface area contributed by atoms with Gasteiger partial charge in [0.15, 0.2) is 5.75 Å². The lowest BCUT2D eigenvalue weighted by Crippen LogP contribution is -2.28. The molecule has 1 amide bonds. The number of H-pyrrole nitrogens is 1. The van der Waals surface area contributed by atoms with Crippen molar-refractivity contribution in [2.45, 2.75) is 12.8 Å². The number of carbonyl (C=O) groups excluding carboxylic acids is 1. The molecular weight excluding hydrogens is 561 g/mol. The third kappa shape index (κ3) is 7.39. The molecule has 5 N–H and O–H groups in total. The Bertz CT molecular complexity index is 1580. The van der Waals surface area contributed by atoms with Gasteiger partial charge < -0.3 is 15.8 Å². The first kappa shape index (κ1) is 27.7. The minimum absolute atomic E-state index is 0.0327. The molecule has 0 aliphatic carbocycles. The maximum Gasteiger partial charge on any atom is 0.404 e. The van der Waals surface area contributed by atoms with Crippen molar-refractivity contribution in [3.8, 4) is 17.0 Å². The number of ether oxygens (including phenoxy) is 1. The summed E-state index contributed by atoms with van der Waals surface area (Å²) in [5, 5.41) is 10.2. The van der Waals surface area contributed by atoms with Crippen LogP contribution in [-0.4, -0.2) is 41.4 Å². The third-order valence-corrected chi connectivity index (χ3v) is 6.60. The highest BCUT2D eigenvalue weighted by molar-refractivity contribution is 7.92. The number of sulfonamides is 1. The van der Waals surface area contributed by atoms with Crippen LogP contribution in [0.5, 0.6) is 5.75 Å². The van der Waals surface area contributed by atoms with E-state index in [0.717, 1.165) is 0 Å². The Balaban J connectivity index is 1.71. The molecular formula is C24H20ClF3N6O4S. The van der Waals surface area contributed by atoms with Crippen molar-refractivity contribution >= 4 is 44.9 Å². The van der Waals surface area contributed by atoms with Crippen molar-refractivity contribution in [1.29, 1.82) is 0 Å². The summed E-state index contributed by atoms with van der Waals surface area (Å²) in [6.07, 6.45) is -3.43. The molecule has 0 unspecified atom stereocenters. The van der Waals surface area contributed by atoms with Gasteiger partial charge in [0, 0.05) is 16.8 Å². The van der Waals surface area contributed by atoms with Crippen molar-refractivity contribution in [3.63, 3.8) is 0 Å². The second kappa shape index (κ2) is 11.2. The van der Waals surface area contributed by atoms with E-state index in [2.05, 4.69) is 20.5 Å². The van der Waals surface area contributed by atoms with E-state index < -0.39 is 27.9 Å². The average Bonchev–Trinajstić information content (AvgIpc) is 3.27. The summed E-state index contributed by atoms with van der Waals surface area (Å²) in [4.78, 5) is 16.5. The van der Waals surface area contributed by atoms with Gasteiger partial charge in [0.05, 0.1) is 5.69 Å². The molecule has 10 nitrogen and oxygen atoms in total. The SMILES string of the molecule is NC(=O)c1c(-c2ccc(NS(=O)(=O)CC(F)(F)F)c(OCc3ccc(Cl)cc3)c2)n[nH]c1Nc1ccccn1. The Morgan fingerprint density at radius 2 is 1.85 bits per heavy atom. The third-order valence-electron chi connectivity index (χ3n) is 5.11. The number of nitrogens with one attached hydrogen (secondary N) is 3. The summed E-state index contributed by atoms with van der Waals surface area (Å²) in [5.74, 6) is -2.50. The van der Waals surface area contributed by atoms with Gasteiger partial charge in [-0.25, -0.2) is 13.4 Å². The number of aromatic amines is 1. The Kier molecular flexibility index (Phi) is 7.97. The van der Waals surface area contributed by atoms with Crippen LogP contribution < -0.4 is 20.5 Å². The number of rotatable bonds is 10. The summed E-state index contributed by atoms with van der Waals surface area (Å²) >= 11 is 5.90. The van der Waals surface area contributed by atoms with Crippen LogP contribution in [0.3, 0.4) is 0 Å². The number of halogens is 4. The summed E-state index contributed by atoms with van der Waals surface area (Å²) in [5.41, 5.74) is 6.32. The zero-order valence-electron chi connectivity index (χ0n) is 19.8. The number of alkyl halides is 3. The Labute approximate surface area is 225 Å². The largest absolute Gasteiger partial charge is 0.487 e. The first-order valence-electron chi connectivity index (χ1n) is 11.1. The van der Waals surface area contributed by atoms with E-state index >= 15 is 0 Å². The van der Waals surface area contributed by atoms with Gasteiger partial charge >= 0.3 is 6.18 Å². The van der Waals surface area contributed by atoms with Crippen LogP contribution in [0.25, 0.3) is 11.3 Å². The second-order valence-electron chi connectivity index (χ2n) is 8.13. The molecule has 0 atom stereocenters. The molecule has 39 heavy (non-hydrogen) atoms. The summed E-state index contributed by atoms with van der Waals surface area (Å²) in [6, 6.07) is 15.5. The van der Waals surface area contributed by atoms with Crippen molar-refractivity contribution < 1.29 is 31.1 Å². The van der Waals surface area contributed by atoms with Gasteiger partial charge in [-0.3, -0.25) is 14.6 Å². The van der Waals surface area contributed by atoms with Crippen LogP contribution in [0.4, 0.5) is 30.5 Å². The number of primary amides is 1. The van der Waals surface area contributed by atoms with Gasteiger partial charge in [0.25, 0.3) is 5.91 Å². The topological polar surface area (TPSA) is 152 Å². The van der Waals surface area contributed by atoms with E-state index in [0.29, 0.717) is 16.4 Å². The highest BCUT2D eigenvalue weighted by Crippen LogP contribution is 2.35. The number of carbonyl (C=O) groups is 1. The summed E-state index contributed by atoms with van der Waals surface area (Å²) in [6.45, 7) is -0.0790. The van der Waals surface area contributed by atoms with Gasteiger partial charge in [-0.2, -0.15) is 18.3 Å². The van der Waals surface area contributed by atoms with Crippen molar-refractivity contribution in [2.24, 2.45) is 5.73 Å². The number of benzene rings is 2. The fraction of sp³-hybridized carbons (Fsp3) is 0.125. The van der Waals surface area contributed by atoms with Crippen LogP contribution in [0.15, 0.2) is 66.9 Å². The van der Waals surface area contributed by atoms with E-state index in [9.17, 15) is 26.4 Å². The number of anilines is 3. The Hall–Kier alpha value is -4.30. The second-order valence-corrected chi connectivity index (χ2v) is 10.3. The highest BCUT2D eigenvalue weighted by Gasteiger charge is 2.35. The number of pyridine rings is 1. The van der Waals surface area contributed by atoms with Crippen LogP contribution in [0.1, 0.15) is 15.9 Å². The standard InChI is InChI=1S/C24H20ClF3N6O4S/c25-16-7-4-14(5-8-16)12-38-18-11-15(6-9-17(18)34-39(36,37)13-24(26,27)28)21-20(22(29)35)23(33-32-21)31-19-3-1-2-10-30-19/h1-11,34H,12-13H2,(H2,29,35)(H2,30,31,32,33). The molecule has 2 heterocycles. The quantitative estimate of drug-likeness (QED) is 0.209. The van der Waals surface area contributed by atoms with Gasteiger partial charge in [0.2, 0.25) is 10.0 Å². The fourth-order valence-electron chi connectivity index (χ4n) is 3.48.